The first kappa shape index (κ1) is 13.4. The van der Waals surface area contributed by atoms with Crippen molar-refractivity contribution in [1.29, 1.82) is 0 Å². The summed E-state index contributed by atoms with van der Waals surface area (Å²) >= 11 is 0. The summed E-state index contributed by atoms with van der Waals surface area (Å²) in [5.41, 5.74) is 1.40. The highest BCUT2D eigenvalue weighted by molar-refractivity contribution is 7.91. The number of hydrogen-bond donors (Lipinski definition) is 1. The van der Waals surface area contributed by atoms with E-state index in [0.29, 0.717) is 5.56 Å². The van der Waals surface area contributed by atoms with Gasteiger partial charge < -0.3 is 5.11 Å². The number of sulfone groups is 1. The predicted molar refractivity (Wildman–Crippen MR) is 72.5 cm³/mol. The summed E-state index contributed by atoms with van der Waals surface area (Å²) in [4.78, 5) is 0. The van der Waals surface area contributed by atoms with Gasteiger partial charge in [0.1, 0.15) is 5.75 Å². The van der Waals surface area contributed by atoms with Crippen molar-refractivity contribution in [2.45, 2.75) is 37.9 Å². The van der Waals surface area contributed by atoms with Gasteiger partial charge in [-0.15, -0.1) is 0 Å². The second kappa shape index (κ2) is 4.57. The molecule has 0 unspecified atom stereocenters. The van der Waals surface area contributed by atoms with Gasteiger partial charge in [0.05, 0.1) is 5.25 Å². The van der Waals surface area contributed by atoms with E-state index in [0.717, 1.165) is 18.4 Å². The van der Waals surface area contributed by atoms with Crippen LogP contribution in [-0.2, 0) is 9.84 Å². The molecule has 0 spiro atoms. The van der Waals surface area contributed by atoms with E-state index < -0.39 is 15.1 Å². The summed E-state index contributed by atoms with van der Waals surface area (Å²) in [5, 5.41) is 9.76. The van der Waals surface area contributed by atoms with Crippen LogP contribution < -0.4 is 0 Å². The number of para-hydroxylation sites is 1. The first-order valence-electron chi connectivity index (χ1n) is 6.33. The monoisotopic (exact) mass is 268 g/mol. The number of hydrogen-bond acceptors (Lipinski definition) is 3. The van der Waals surface area contributed by atoms with Gasteiger partial charge in [-0.2, -0.15) is 0 Å². The maximum Gasteiger partial charge on any atom is 0.154 e. The number of benzene rings is 1. The Balaban J connectivity index is 2.52. The second-order valence-corrected chi connectivity index (χ2v) is 7.69. The molecule has 1 atom stereocenters. The molecule has 3 nitrogen and oxygen atoms in total. The van der Waals surface area contributed by atoms with Gasteiger partial charge in [0.2, 0.25) is 0 Å². The van der Waals surface area contributed by atoms with Crippen LogP contribution in [0.4, 0.5) is 0 Å². The van der Waals surface area contributed by atoms with E-state index in [1.807, 2.05) is 26.0 Å². The first-order valence-corrected chi connectivity index (χ1v) is 8.28. The smallest absolute Gasteiger partial charge is 0.154 e. The molecule has 1 fully saturated rings. The minimum Gasteiger partial charge on any atom is -0.507 e. The average molecular weight is 268 g/mol. The van der Waals surface area contributed by atoms with Crippen LogP contribution in [0, 0.1) is 5.92 Å². The lowest BCUT2D eigenvalue weighted by atomic mass is 9.96. The highest BCUT2D eigenvalue weighted by atomic mass is 32.2. The van der Waals surface area contributed by atoms with E-state index in [9.17, 15) is 13.5 Å². The topological polar surface area (TPSA) is 54.4 Å². The molecule has 0 aliphatic heterocycles. The molecule has 100 valence electrons. The van der Waals surface area contributed by atoms with Crippen molar-refractivity contribution >= 4 is 9.84 Å². The Hall–Kier alpha value is -1.03. The number of phenols is 1. The molecule has 1 saturated carbocycles. The summed E-state index contributed by atoms with van der Waals surface area (Å²) in [6, 6.07) is 5.44. The van der Waals surface area contributed by atoms with Crippen LogP contribution in [0.15, 0.2) is 18.2 Å². The lowest BCUT2D eigenvalue weighted by Gasteiger charge is -2.19. The van der Waals surface area contributed by atoms with E-state index in [1.165, 1.54) is 6.26 Å². The van der Waals surface area contributed by atoms with Gasteiger partial charge in [-0.05, 0) is 30.2 Å². The average Bonchev–Trinajstić information content (AvgIpc) is 3.02. The van der Waals surface area contributed by atoms with Crippen LogP contribution in [0.1, 0.15) is 49.0 Å². The van der Waals surface area contributed by atoms with E-state index in [1.54, 1.807) is 6.07 Å². The normalized spacial score (nSPS) is 18.0. The number of aromatic hydroxyl groups is 1. The van der Waals surface area contributed by atoms with Crippen LogP contribution >= 0.6 is 0 Å². The molecule has 4 heteroatoms. The molecule has 1 aromatic carbocycles. The van der Waals surface area contributed by atoms with Crippen molar-refractivity contribution in [3.8, 4) is 5.75 Å². The van der Waals surface area contributed by atoms with Gasteiger partial charge in [-0.1, -0.05) is 32.0 Å². The van der Waals surface area contributed by atoms with E-state index in [4.69, 9.17) is 0 Å². The molecule has 0 heterocycles. The quantitative estimate of drug-likeness (QED) is 0.913. The van der Waals surface area contributed by atoms with Crippen LogP contribution in [0.2, 0.25) is 0 Å². The molecule has 1 N–H and O–H groups in total. The molecular weight excluding hydrogens is 248 g/mol. The molecule has 1 aliphatic rings. The molecule has 2 rings (SSSR count). The Morgan fingerprint density at radius 1 is 1.22 bits per heavy atom. The highest BCUT2D eigenvalue weighted by Crippen LogP contribution is 2.48. The molecule has 0 aromatic heterocycles. The SMILES string of the molecule is CC(C)c1cccc([C@H](C2CC2)S(C)(=O)=O)c1O. The maximum absolute atomic E-state index is 11.9. The third kappa shape index (κ3) is 2.53. The zero-order valence-corrected chi connectivity index (χ0v) is 11.9. The Labute approximate surface area is 109 Å². The van der Waals surface area contributed by atoms with E-state index in [-0.39, 0.29) is 17.6 Å². The summed E-state index contributed by atoms with van der Waals surface area (Å²) in [6.45, 7) is 3.98. The molecule has 1 aliphatic carbocycles. The number of rotatable bonds is 4. The highest BCUT2D eigenvalue weighted by Gasteiger charge is 2.40. The van der Waals surface area contributed by atoms with Crippen LogP contribution in [0.5, 0.6) is 5.75 Å². The summed E-state index contributed by atoms with van der Waals surface area (Å²) in [6.07, 6.45) is 3.13. The minimum atomic E-state index is -3.18. The fourth-order valence-corrected chi connectivity index (χ4v) is 4.13. The van der Waals surface area contributed by atoms with Crippen molar-refractivity contribution < 1.29 is 13.5 Å². The second-order valence-electron chi connectivity index (χ2n) is 5.53. The molecule has 0 bridgehead atoms. The van der Waals surface area contributed by atoms with Crippen LogP contribution in [0.3, 0.4) is 0 Å². The third-order valence-corrected chi connectivity index (χ3v) is 5.10. The molecule has 0 saturated heterocycles. The predicted octanol–water partition coefficient (Wildman–Crippen LogP) is 3.01. The van der Waals surface area contributed by atoms with Gasteiger partial charge in [-0.25, -0.2) is 8.42 Å². The third-order valence-electron chi connectivity index (χ3n) is 3.54. The zero-order chi connectivity index (χ0) is 13.5. The van der Waals surface area contributed by atoms with E-state index >= 15 is 0 Å². The van der Waals surface area contributed by atoms with Crippen molar-refractivity contribution in [3.63, 3.8) is 0 Å². The lowest BCUT2D eigenvalue weighted by molar-refractivity contribution is 0.453. The van der Waals surface area contributed by atoms with Gasteiger partial charge in [0.25, 0.3) is 0 Å². The Morgan fingerprint density at radius 2 is 1.78 bits per heavy atom. The lowest BCUT2D eigenvalue weighted by Crippen LogP contribution is -2.14. The summed E-state index contributed by atoms with van der Waals surface area (Å²) in [7, 11) is -3.18. The van der Waals surface area contributed by atoms with Gasteiger partial charge in [-0.3, -0.25) is 0 Å². The largest absolute Gasteiger partial charge is 0.507 e. The fraction of sp³-hybridized carbons (Fsp3) is 0.571. The van der Waals surface area contributed by atoms with Crippen LogP contribution in [-0.4, -0.2) is 19.8 Å². The fourth-order valence-electron chi connectivity index (χ4n) is 2.51. The molecule has 1 aromatic rings. The summed E-state index contributed by atoms with van der Waals surface area (Å²) < 4.78 is 23.9. The first-order chi connectivity index (χ1) is 8.32. The Kier molecular flexibility index (Phi) is 3.41. The van der Waals surface area contributed by atoms with Crippen molar-refractivity contribution in [1.82, 2.24) is 0 Å². The zero-order valence-electron chi connectivity index (χ0n) is 11.1. The maximum atomic E-state index is 11.9. The van der Waals surface area contributed by atoms with E-state index in [2.05, 4.69) is 0 Å². The van der Waals surface area contributed by atoms with Gasteiger partial charge in [0, 0.05) is 11.8 Å². The molecule has 0 amide bonds. The Morgan fingerprint density at radius 3 is 2.22 bits per heavy atom. The molecule has 18 heavy (non-hydrogen) atoms. The molecular formula is C14H20O3S. The van der Waals surface area contributed by atoms with Crippen molar-refractivity contribution in [3.05, 3.63) is 29.3 Å². The van der Waals surface area contributed by atoms with Crippen LogP contribution in [0.25, 0.3) is 0 Å². The molecule has 0 radical (unpaired) electrons. The Bertz CT molecular complexity index is 542. The number of phenolic OH excluding ortho intramolecular Hbond substituents is 1. The van der Waals surface area contributed by atoms with Crippen molar-refractivity contribution in [2.75, 3.05) is 6.26 Å². The summed E-state index contributed by atoms with van der Waals surface area (Å²) in [5.74, 6) is 0.521. The van der Waals surface area contributed by atoms with Gasteiger partial charge >= 0.3 is 0 Å². The van der Waals surface area contributed by atoms with Crippen molar-refractivity contribution in [2.24, 2.45) is 5.92 Å². The standard InChI is InChI=1S/C14H20O3S/c1-9(2)11-5-4-6-12(13(11)15)14(10-7-8-10)18(3,16)17/h4-6,9-10,14-15H,7-8H2,1-3H3/t14-/m0/s1. The van der Waals surface area contributed by atoms with Gasteiger partial charge in [0.15, 0.2) is 9.84 Å². The minimum absolute atomic E-state index is 0.162.